The fraction of sp³-hybridized carbons (Fsp3) is 0.385. The van der Waals surface area contributed by atoms with Crippen LogP contribution >= 0.6 is 0 Å². The molecule has 2 rings (SSSR count). The summed E-state index contributed by atoms with van der Waals surface area (Å²) in [5.41, 5.74) is 2.14. The average Bonchev–Trinajstić information content (AvgIpc) is 2.61. The van der Waals surface area contributed by atoms with E-state index in [-0.39, 0.29) is 0 Å². The van der Waals surface area contributed by atoms with Gasteiger partial charge in [0.15, 0.2) is 0 Å². The number of nitrogens with zero attached hydrogens (tertiary/aromatic N) is 1. The third-order valence-electron chi connectivity index (χ3n) is 3.06. The first-order chi connectivity index (χ1) is 7.92. The van der Waals surface area contributed by atoms with Crippen LogP contribution in [0.5, 0.6) is 0 Å². The van der Waals surface area contributed by atoms with Gasteiger partial charge < -0.3 is 5.11 Å². The Morgan fingerprint density at radius 3 is 2.82 bits per heavy atom. The lowest BCUT2D eigenvalue weighted by molar-refractivity contribution is -0.146. The van der Waals surface area contributed by atoms with Crippen molar-refractivity contribution in [1.82, 2.24) is 10.2 Å². The zero-order valence-electron chi connectivity index (χ0n) is 10.2. The SMILES string of the molecule is Cc1[nH]nc2cccc(CC(C)(C)C(=O)O)c12. The quantitative estimate of drug-likeness (QED) is 0.854. The molecule has 0 aliphatic rings. The Bertz CT molecular complexity index is 570. The molecule has 0 radical (unpaired) electrons. The summed E-state index contributed by atoms with van der Waals surface area (Å²) in [6.45, 7) is 5.43. The second-order valence-electron chi connectivity index (χ2n) is 5.03. The molecule has 0 unspecified atom stereocenters. The maximum absolute atomic E-state index is 11.2. The molecular weight excluding hydrogens is 216 g/mol. The highest BCUT2D eigenvalue weighted by atomic mass is 16.4. The van der Waals surface area contributed by atoms with Gasteiger partial charge in [-0.25, -0.2) is 0 Å². The Morgan fingerprint density at radius 2 is 2.18 bits per heavy atom. The van der Waals surface area contributed by atoms with Crippen molar-refractivity contribution in [2.24, 2.45) is 5.41 Å². The summed E-state index contributed by atoms with van der Waals surface area (Å²) in [5.74, 6) is -0.782. The molecule has 1 aromatic heterocycles. The van der Waals surface area contributed by atoms with Crippen molar-refractivity contribution in [3.63, 3.8) is 0 Å². The fourth-order valence-corrected chi connectivity index (χ4v) is 2.01. The smallest absolute Gasteiger partial charge is 0.309 e. The highest BCUT2D eigenvalue weighted by molar-refractivity contribution is 5.85. The van der Waals surface area contributed by atoms with Crippen LogP contribution < -0.4 is 0 Å². The Labute approximate surface area is 99.7 Å². The number of benzene rings is 1. The number of carbonyl (C=O) groups is 1. The van der Waals surface area contributed by atoms with Crippen LogP contribution in [0.2, 0.25) is 0 Å². The molecule has 1 aromatic carbocycles. The van der Waals surface area contributed by atoms with Gasteiger partial charge in [-0.3, -0.25) is 9.89 Å². The van der Waals surface area contributed by atoms with E-state index in [9.17, 15) is 9.90 Å². The zero-order valence-corrected chi connectivity index (χ0v) is 10.2. The second kappa shape index (κ2) is 3.87. The molecule has 0 saturated heterocycles. The molecule has 0 spiro atoms. The summed E-state index contributed by atoms with van der Waals surface area (Å²) in [6.07, 6.45) is 0.500. The first-order valence-electron chi connectivity index (χ1n) is 5.58. The van der Waals surface area contributed by atoms with Gasteiger partial charge in [0.1, 0.15) is 0 Å². The van der Waals surface area contributed by atoms with E-state index in [1.807, 2.05) is 25.1 Å². The van der Waals surface area contributed by atoms with E-state index in [4.69, 9.17) is 0 Å². The molecule has 0 fully saturated rings. The molecule has 2 aromatic rings. The number of fused-ring (bicyclic) bond motifs is 1. The van der Waals surface area contributed by atoms with E-state index in [0.717, 1.165) is 22.2 Å². The van der Waals surface area contributed by atoms with Gasteiger partial charge in [0.05, 0.1) is 10.9 Å². The summed E-state index contributed by atoms with van der Waals surface area (Å²) in [7, 11) is 0. The summed E-state index contributed by atoms with van der Waals surface area (Å²) < 4.78 is 0. The average molecular weight is 232 g/mol. The lowest BCUT2D eigenvalue weighted by Crippen LogP contribution is -2.26. The minimum atomic E-state index is -0.782. The van der Waals surface area contributed by atoms with E-state index in [1.54, 1.807) is 13.8 Å². The second-order valence-corrected chi connectivity index (χ2v) is 5.03. The summed E-state index contributed by atoms with van der Waals surface area (Å²) in [4.78, 5) is 11.2. The minimum Gasteiger partial charge on any atom is -0.481 e. The number of carboxylic acid groups (broad SMARTS) is 1. The summed E-state index contributed by atoms with van der Waals surface area (Å²) in [6, 6.07) is 5.81. The number of aromatic amines is 1. The lowest BCUT2D eigenvalue weighted by Gasteiger charge is -2.19. The van der Waals surface area contributed by atoms with Crippen molar-refractivity contribution in [3.8, 4) is 0 Å². The van der Waals surface area contributed by atoms with Gasteiger partial charge >= 0.3 is 5.97 Å². The van der Waals surface area contributed by atoms with Gasteiger partial charge in [-0.1, -0.05) is 12.1 Å². The summed E-state index contributed by atoms with van der Waals surface area (Å²) >= 11 is 0. The minimum absolute atomic E-state index is 0.500. The third kappa shape index (κ3) is 2.02. The summed E-state index contributed by atoms with van der Waals surface area (Å²) in [5, 5.41) is 17.3. The largest absolute Gasteiger partial charge is 0.481 e. The van der Waals surface area contributed by atoms with Crippen LogP contribution in [0.1, 0.15) is 25.1 Å². The van der Waals surface area contributed by atoms with E-state index in [2.05, 4.69) is 10.2 Å². The topological polar surface area (TPSA) is 66.0 Å². The number of nitrogens with one attached hydrogen (secondary N) is 1. The predicted molar refractivity (Wildman–Crippen MR) is 66.0 cm³/mol. The number of hydrogen-bond acceptors (Lipinski definition) is 2. The molecule has 0 bridgehead atoms. The number of hydrogen-bond donors (Lipinski definition) is 2. The van der Waals surface area contributed by atoms with Gasteiger partial charge in [0.2, 0.25) is 0 Å². The molecule has 0 saturated carbocycles. The van der Waals surface area contributed by atoms with Crippen molar-refractivity contribution < 1.29 is 9.90 Å². The van der Waals surface area contributed by atoms with Crippen molar-refractivity contribution in [2.75, 3.05) is 0 Å². The molecule has 4 nitrogen and oxygen atoms in total. The Morgan fingerprint density at radius 1 is 1.47 bits per heavy atom. The molecule has 0 aliphatic carbocycles. The van der Waals surface area contributed by atoms with Crippen LogP contribution in [0.15, 0.2) is 18.2 Å². The van der Waals surface area contributed by atoms with Crippen LogP contribution in [0.25, 0.3) is 10.9 Å². The van der Waals surface area contributed by atoms with Crippen molar-refractivity contribution in [2.45, 2.75) is 27.2 Å². The molecule has 4 heteroatoms. The van der Waals surface area contributed by atoms with Crippen LogP contribution in [-0.4, -0.2) is 21.3 Å². The molecule has 0 amide bonds. The fourth-order valence-electron chi connectivity index (χ4n) is 2.01. The van der Waals surface area contributed by atoms with Gasteiger partial charge in [-0.15, -0.1) is 0 Å². The Hall–Kier alpha value is -1.84. The molecule has 1 heterocycles. The van der Waals surface area contributed by atoms with Crippen LogP contribution in [0.4, 0.5) is 0 Å². The number of aliphatic carboxylic acids is 1. The molecule has 2 N–H and O–H groups in total. The third-order valence-corrected chi connectivity index (χ3v) is 3.06. The first kappa shape index (κ1) is 11.6. The highest BCUT2D eigenvalue weighted by Gasteiger charge is 2.28. The highest BCUT2D eigenvalue weighted by Crippen LogP contribution is 2.28. The molecule has 17 heavy (non-hydrogen) atoms. The number of rotatable bonds is 3. The van der Waals surface area contributed by atoms with Crippen molar-refractivity contribution in [1.29, 1.82) is 0 Å². The standard InChI is InChI=1S/C13H16N2O2/c1-8-11-9(7-13(2,3)12(16)17)5-4-6-10(11)15-14-8/h4-6H,7H2,1-3H3,(H,14,15)(H,16,17). The normalized spacial score (nSPS) is 11.9. The number of aromatic nitrogens is 2. The van der Waals surface area contributed by atoms with Gasteiger partial charge in [0, 0.05) is 11.1 Å². The molecule has 0 aliphatic heterocycles. The van der Waals surface area contributed by atoms with Crippen LogP contribution in [0, 0.1) is 12.3 Å². The maximum Gasteiger partial charge on any atom is 0.309 e. The molecular formula is C13H16N2O2. The Balaban J connectivity index is 2.49. The van der Waals surface area contributed by atoms with Crippen molar-refractivity contribution >= 4 is 16.9 Å². The predicted octanol–water partition coefficient (Wildman–Crippen LogP) is 2.52. The van der Waals surface area contributed by atoms with Gasteiger partial charge in [0.25, 0.3) is 0 Å². The number of aryl methyl sites for hydroxylation is 1. The molecule has 0 atom stereocenters. The molecule has 90 valence electrons. The number of H-pyrrole nitrogens is 1. The van der Waals surface area contributed by atoms with E-state index in [1.165, 1.54) is 0 Å². The number of carboxylic acids is 1. The van der Waals surface area contributed by atoms with Crippen LogP contribution in [-0.2, 0) is 11.2 Å². The van der Waals surface area contributed by atoms with Gasteiger partial charge in [-0.05, 0) is 38.8 Å². The van der Waals surface area contributed by atoms with Crippen LogP contribution in [0.3, 0.4) is 0 Å². The lowest BCUT2D eigenvalue weighted by atomic mass is 9.84. The van der Waals surface area contributed by atoms with E-state index >= 15 is 0 Å². The van der Waals surface area contributed by atoms with Crippen molar-refractivity contribution in [3.05, 3.63) is 29.5 Å². The van der Waals surface area contributed by atoms with E-state index < -0.39 is 11.4 Å². The first-order valence-corrected chi connectivity index (χ1v) is 5.58. The van der Waals surface area contributed by atoms with E-state index in [0.29, 0.717) is 6.42 Å². The Kier molecular flexibility index (Phi) is 2.65. The zero-order chi connectivity index (χ0) is 12.6. The monoisotopic (exact) mass is 232 g/mol. The van der Waals surface area contributed by atoms with Gasteiger partial charge in [-0.2, -0.15) is 5.10 Å². The maximum atomic E-state index is 11.2.